The van der Waals surface area contributed by atoms with Crippen LogP contribution in [0.15, 0.2) is 200 Å². The smallest absolute Gasteiger partial charge is 0.268 e. The SMILES string of the molecule is [2H]c1c([2H])c([2H])c(-c2cccc(-c3c([2H])c([2H])c([2H])c([2H])c3[2H])c2-[n+]2[c-]n(-c3[c-]c(Oc4[c-]c5c(cc4)c4ccccc4n5-c4cc(C([2H])(C)C)c(-c5ccccc5)cn4)ccc3)c3ccccc32)c([2H])c1[2H].[Pt]. The first-order chi connectivity index (χ1) is 35.0. The molecule has 306 valence electrons. The minimum atomic E-state index is -0.956. The molecule has 6 heteroatoms. The Bertz CT molecular complexity index is 3930. The number of ether oxygens (including phenoxy) is 1. The van der Waals surface area contributed by atoms with E-state index in [2.05, 4.69) is 18.5 Å². The summed E-state index contributed by atoms with van der Waals surface area (Å²) in [5, 5.41) is 1.91. The number of hydrogen-bond donors (Lipinski definition) is 0. The van der Waals surface area contributed by atoms with Gasteiger partial charge in [-0.2, -0.15) is 18.2 Å². The van der Waals surface area contributed by atoms with Crippen LogP contribution in [0.25, 0.3) is 83.4 Å². The van der Waals surface area contributed by atoms with E-state index in [-0.39, 0.29) is 49.0 Å². The van der Waals surface area contributed by atoms with Gasteiger partial charge in [0, 0.05) is 51.2 Å². The average molecular weight is 1000 g/mol. The molecule has 0 aliphatic carbocycles. The monoisotopic (exact) mass is 1000 g/mol. The van der Waals surface area contributed by atoms with Crippen LogP contribution >= 0.6 is 0 Å². The summed E-state index contributed by atoms with van der Waals surface area (Å²) in [6.07, 6.45) is 5.22. The van der Waals surface area contributed by atoms with Gasteiger partial charge in [-0.25, -0.2) is 4.98 Å². The van der Waals surface area contributed by atoms with E-state index < -0.39 is 66.3 Å². The van der Waals surface area contributed by atoms with Gasteiger partial charge in [0.05, 0.1) is 30.4 Å². The maximum absolute atomic E-state index is 9.16. The molecule has 0 saturated heterocycles. The number of hydrogen-bond acceptors (Lipinski definition) is 2. The fourth-order valence-electron chi connectivity index (χ4n) is 8.11. The van der Waals surface area contributed by atoms with Crippen molar-refractivity contribution < 1.29 is 45.4 Å². The molecule has 0 fully saturated rings. The number of aromatic nitrogens is 4. The third-order valence-electron chi connectivity index (χ3n) is 10.9. The summed E-state index contributed by atoms with van der Waals surface area (Å²) in [7, 11) is 0. The number of fused-ring (bicyclic) bond motifs is 4. The van der Waals surface area contributed by atoms with Gasteiger partial charge in [0.15, 0.2) is 0 Å². The van der Waals surface area contributed by atoms with Gasteiger partial charge < -0.3 is 13.9 Å². The minimum absolute atomic E-state index is 0. The quantitative estimate of drug-likeness (QED) is 0.107. The molecule has 0 atom stereocenters. The summed E-state index contributed by atoms with van der Waals surface area (Å²) in [5.74, 6) is 0.382. The molecular weight excluding hydrogens is 952 g/mol. The van der Waals surface area contributed by atoms with E-state index in [0.29, 0.717) is 39.6 Å². The third kappa shape index (κ3) is 7.25. The van der Waals surface area contributed by atoms with Crippen LogP contribution < -0.4 is 9.30 Å². The predicted octanol–water partition coefficient (Wildman–Crippen LogP) is 13.7. The zero-order chi connectivity index (χ0) is 51.2. The third-order valence-corrected chi connectivity index (χ3v) is 10.9. The number of benzene rings is 8. The fourth-order valence-corrected chi connectivity index (χ4v) is 8.11. The molecule has 63 heavy (non-hydrogen) atoms. The Kier molecular flexibility index (Phi) is 7.77. The number of para-hydroxylation sites is 4. The molecule has 0 radical (unpaired) electrons. The Labute approximate surface area is 396 Å². The van der Waals surface area contributed by atoms with E-state index in [1.807, 2.05) is 110 Å². The molecule has 0 aliphatic heterocycles. The van der Waals surface area contributed by atoms with Crippen LogP contribution in [-0.2, 0) is 21.1 Å². The second kappa shape index (κ2) is 16.9. The maximum atomic E-state index is 9.16. The second-order valence-electron chi connectivity index (χ2n) is 14.9. The standard InChI is InChI=1S/C57H40N4O.Pt/c1-39(2)50-36-56(58-37-51(50)42-22-10-5-11-23-42)61-52-29-13-12-26-48(52)49-33-32-45(35-55(49)61)62-44-25-16-24-43(34-44)59-38-60(54-31-15-14-30-53(54)59)57-46(40-18-6-3-7-19-40)27-17-28-47(57)41-20-8-4-9-21-41;/h3-33,36-37,39H,1-2H3;/q-2;/i3D,4D,6D,7D,8D,9D,18D,19D,20D,21D,39D;. The Morgan fingerprint density at radius 2 is 1.27 bits per heavy atom. The molecule has 11 rings (SSSR count). The fraction of sp³-hybridized carbons (Fsp3) is 0.0526. The van der Waals surface area contributed by atoms with E-state index in [1.54, 1.807) is 57.7 Å². The van der Waals surface area contributed by atoms with Gasteiger partial charge in [-0.1, -0.05) is 171 Å². The van der Waals surface area contributed by atoms with Crippen molar-refractivity contribution in [1.29, 1.82) is 0 Å². The van der Waals surface area contributed by atoms with Crippen molar-refractivity contribution in [3.8, 4) is 62.1 Å². The van der Waals surface area contributed by atoms with Crippen molar-refractivity contribution in [3.05, 3.63) is 224 Å². The second-order valence-corrected chi connectivity index (χ2v) is 14.9. The summed E-state index contributed by atoms with van der Waals surface area (Å²) in [6, 6.07) is 42.6. The Morgan fingerprint density at radius 3 is 2.00 bits per heavy atom. The number of rotatable bonds is 9. The predicted molar refractivity (Wildman–Crippen MR) is 250 cm³/mol. The largest absolute Gasteiger partial charge is 0.510 e. The normalized spacial score (nSPS) is 14.0. The number of pyridine rings is 1. The molecule has 8 aromatic carbocycles. The molecular formula is C57H40N4OPt-2. The first-order valence-corrected chi connectivity index (χ1v) is 20.0. The summed E-state index contributed by atoms with van der Waals surface area (Å²) >= 11 is 0. The number of imidazole rings is 1. The van der Waals surface area contributed by atoms with Crippen LogP contribution in [0.5, 0.6) is 11.5 Å². The topological polar surface area (TPSA) is 35.9 Å². The summed E-state index contributed by atoms with van der Waals surface area (Å²) in [5.41, 5.74) is 5.98. The van der Waals surface area contributed by atoms with Crippen molar-refractivity contribution in [1.82, 2.24) is 14.1 Å². The van der Waals surface area contributed by atoms with Crippen molar-refractivity contribution in [3.63, 3.8) is 0 Å². The average Bonchev–Trinajstić information content (AvgIpc) is 3.94. The molecule has 3 heterocycles. The zero-order valence-electron chi connectivity index (χ0n) is 44.8. The van der Waals surface area contributed by atoms with E-state index >= 15 is 0 Å². The van der Waals surface area contributed by atoms with E-state index in [0.717, 1.165) is 33.0 Å². The molecule has 0 saturated carbocycles. The summed E-state index contributed by atoms with van der Waals surface area (Å²) in [4.78, 5) is 4.98. The van der Waals surface area contributed by atoms with Crippen LogP contribution in [-0.4, -0.2) is 14.1 Å². The van der Waals surface area contributed by atoms with Crippen molar-refractivity contribution in [2.75, 3.05) is 0 Å². The Hall–Kier alpha value is -7.33. The van der Waals surface area contributed by atoms with Crippen molar-refractivity contribution in [2.24, 2.45) is 0 Å². The van der Waals surface area contributed by atoms with Gasteiger partial charge >= 0.3 is 0 Å². The minimum Gasteiger partial charge on any atom is -0.510 e. The van der Waals surface area contributed by atoms with E-state index in [1.165, 1.54) is 0 Å². The van der Waals surface area contributed by atoms with Crippen LogP contribution in [0.4, 0.5) is 0 Å². The van der Waals surface area contributed by atoms with Crippen LogP contribution in [0.2, 0.25) is 0 Å². The van der Waals surface area contributed by atoms with Crippen LogP contribution in [0.1, 0.15) is 40.4 Å². The molecule has 0 bridgehead atoms. The van der Waals surface area contributed by atoms with Crippen molar-refractivity contribution >= 4 is 32.8 Å². The van der Waals surface area contributed by atoms with Crippen molar-refractivity contribution in [2.45, 2.75) is 19.7 Å². The van der Waals surface area contributed by atoms with Gasteiger partial charge in [0.1, 0.15) is 5.82 Å². The molecule has 0 N–H and O–H groups in total. The summed E-state index contributed by atoms with van der Waals surface area (Å²) in [6.45, 7) is 3.74. The van der Waals surface area contributed by atoms with Gasteiger partial charge in [0.25, 0.3) is 6.33 Å². The Morgan fingerprint density at radius 1 is 0.619 bits per heavy atom. The van der Waals surface area contributed by atoms with Gasteiger partial charge in [-0.05, 0) is 62.5 Å². The molecule has 0 aliphatic rings. The molecule has 0 spiro atoms. The first kappa shape index (κ1) is 29.1. The van der Waals surface area contributed by atoms with Crippen LogP contribution in [0.3, 0.4) is 0 Å². The molecule has 0 amide bonds. The van der Waals surface area contributed by atoms with Gasteiger partial charge in [-0.15, -0.1) is 29.7 Å². The van der Waals surface area contributed by atoms with E-state index in [9.17, 15) is 0 Å². The molecule has 11 aromatic rings. The zero-order valence-corrected chi connectivity index (χ0v) is 36.1. The molecule has 3 aromatic heterocycles. The van der Waals surface area contributed by atoms with E-state index in [4.69, 9.17) is 24.8 Å². The molecule has 0 unspecified atom stereocenters. The molecule has 5 nitrogen and oxygen atoms in total. The summed E-state index contributed by atoms with van der Waals surface area (Å²) < 4.78 is 108. The first-order valence-electron chi connectivity index (χ1n) is 25.5. The Balaban J connectivity index is 0.00000626. The number of nitrogens with zero attached hydrogens (tertiary/aromatic N) is 4. The van der Waals surface area contributed by atoms with Gasteiger partial charge in [0.2, 0.25) is 0 Å². The van der Waals surface area contributed by atoms with Gasteiger partial charge in [-0.3, -0.25) is 4.57 Å². The van der Waals surface area contributed by atoms with Crippen LogP contribution in [0, 0.1) is 18.5 Å². The maximum Gasteiger partial charge on any atom is 0.268 e.